The van der Waals surface area contributed by atoms with Crippen LogP contribution in [0.2, 0.25) is 5.28 Å². The minimum Gasteiger partial charge on any atom is -0.493 e. The number of hydrogen-bond donors (Lipinski definition) is 0. The Hall–Kier alpha value is -1.70. The van der Waals surface area contributed by atoms with Crippen LogP contribution < -0.4 is 9.47 Å². The summed E-state index contributed by atoms with van der Waals surface area (Å²) in [5.41, 5.74) is 0.727. The van der Waals surface area contributed by atoms with Crippen molar-refractivity contribution in [1.29, 1.82) is 0 Å². The highest BCUT2D eigenvalue weighted by atomic mass is 35.5. The van der Waals surface area contributed by atoms with Crippen molar-refractivity contribution in [3.63, 3.8) is 0 Å². The molecule has 1 aromatic heterocycles. The van der Waals surface area contributed by atoms with Crippen LogP contribution in [0, 0.1) is 0 Å². The van der Waals surface area contributed by atoms with Gasteiger partial charge in [-0.15, -0.1) is 0 Å². The monoisotopic (exact) mass is 382 g/mol. The van der Waals surface area contributed by atoms with E-state index in [0.29, 0.717) is 24.7 Å². The molecular formula is C18H24ClFN4O2. The molecule has 8 heteroatoms. The number of piperazine rings is 1. The van der Waals surface area contributed by atoms with Gasteiger partial charge in [0.25, 0.3) is 0 Å². The van der Waals surface area contributed by atoms with E-state index in [1.165, 1.54) is 0 Å². The number of methoxy groups -OCH3 is 1. The molecule has 0 radical (unpaired) electrons. The Balaban J connectivity index is 1.50. The van der Waals surface area contributed by atoms with Gasteiger partial charge in [0.05, 0.1) is 19.2 Å². The second kappa shape index (κ2) is 9.30. The largest absolute Gasteiger partial charge is 0.493 e. The van der Waals surface area contributed by atoms with Crippen molar-refractivity contribution >= 4 is 22.5 Å². The molecule has 142 valence electrons. The molecule has 0 amide bonds. The molecule has 26 heavy (non-hydrogen) atoms. The maximum Gasteiger partial charge on any atom is 0.222 e. The lowest BCUT2D eigenvalue weighted by molar-refractivity contribution is 0.120. The van der Waals surface area contributed by atoms with Crippen LogP contribution in [0.1, 0.15) is 6.42 Å². The molecule has 0 saturated carbocycles. The van der Waals surface area contributed by atoms with E-state index >= 15 is 0 Å². The Kier molecular flexibility index (Phi) is 6.82. The Bertz CT molecular complexity index is 726. The van der Waals surface area contributed by atoms with Gasteiger partial charge in [-0.2, -0.15) is 0 Å². The summed E-state index contributed by atoms with van der Waals surface area (Å²) in [6.45, 7) is 5.67. The first kappa shape index (κ1) is 19.1. The number of aromatic nitrogens is 2. The summed E-state index contributed by atoms with van der Waals surface area (Å²) >= 11 is 5.86. The number of halogens is 2. The molecular weight excluding hydrogens is 359 g/mol. The zero-order valence-corrected chi connectivity index (χ0v) is 15.7. The van der Waals surface area contributed by atoms with Crippen LogP contribution in [0.3, 0.4) is 0 Å². The summed E-state index contributed by atoms with van der Waals surface area (Å²) in [7, 11) is 1.61. The lowest BCUT2D eigenvalue weighted by atomic mass is 10.2. The molecule has 0 spiro atoms. The van der Waals surface area contributed by atoms with Crippen molar-refractivity contribution in [1.82, 2.24) is 19.8 Å². The maximum absolute atomic E-state index is 12.4. The molecule has 2 aromatic rings. The molecule has 3 rings (SSSR count). The smallest absolute Gasteiger partial charge is 0.222 e. The standard InChI is InChI=1S/C18H24ClFN4O2/c1-25-16-11-14-13-21-18(19)22-15(14)12-17(16)26-10-2-4-23-6-8-24(5-3-20)9-7-23/h11-13H,2-10H2,1H3. The van der Waals surface area contributed by atoms with Gasteiger partial charge >= 0.3 is 0 Å². The second-order valence-corrected chi connectivity index (χ2v) is 6.61. The number of benzene rings is 1. The predicted molar refractivity (Wildman–Crippen MR) is 100 cm³/mol. The Morgan fingerprint density at radius 3 is 2.54 bits per heavy atom. The second-order valence-electron chi connectivity index (χ2n) is 6.28. The molecule has 1 aromatic carbocycles. The Labute approximate surface area is 157 Å². The third-order valence-electron chi connectivity index (χ3n) is 4.58. The number of ether oxygens (including phenoxy) is 2. The molecule has 1 fully saturated rings. The third kappa shape index (κ3) is 4.93. The van der Waals surface area contributed by atoms with Crippen LogP contribution in [0.4, 0.5) is 4.39 Å². The Morgan fingerprint density at radius 2 is 1.85 bits per heavy atom. The molecule has 0 unspecified atom stereocenters. The van der Waals surface area contributed by atoms with Crippen LogP contribution in [-0.2, 0) is 0 Å². The summed E-state index contributed by atoms with van der Waals surface area (Å²) in [5, 5.41) is 1.06. The molecule has 0 bridgehead atoms. The first-order valence-corrected chi connectivity index (χ1v) is 9.21. The van der Waals surface area contributed by atoms with E-state index in [1.54, 1.807) is 13.3 Å². The lowest BCUT2D eigenvalue weighted by Gasteiger charge is -2.34. The van der Waals surface area contributed by atoms with E-state index in [2.05, 4.69) is 19.8 Å². The van der Waals surface area contributed by atoms with Gasteiger partial charge in [0.15, 0.2) is 11.5 Å². The number of rotatable bonds is 8. The molecule has 2 heterocycles. The van der Waals surface area contributed by atoms with Crippen molar-refractivity contribution in [2.24, 2.45) is 0 Å². The maximum atomic E-state index is 12.4. The van der Waals surface area contributed by atoms with E-state index in [9.17, 15) is 4.39 Å². The summed E-state index contributed by atoms with van der Waals surface area (Å²) in [6.07, 6.45) is 2.58. The van der Waals surface area contributed by atoms with Crippen molar-refractivity contribution in [2.75, 3.05) is 59.7 Å². The van der Waals surface area contributed by atoms with Gasteiger partial charge < -0.3 is 14.4 Å². The zero-order chi connectivity index (χ0) is 18.4. The minimum atomic E-state index is -0.266. The average Bonchev–Trinajstić information content (AvgIpc) is 2.66. The van der Waals surface area contributed by atoms with Gasteiger partial charge in [0, 0.05) is 56.9 Å². The fourth-order valence-corrected chi connectivity index (χ4v) is 3.25. The SMILES string of the molecule is COc1cc2cnc(Cl)nc2cc1OCCCN1CCN(CCF)CC1. The summed E-state index contributed by atoms with van der Waals surface area (Å²) in [6, 6.07) is 3.68. The van der Waals surface area contributed by atoms with Crippen LogP contribution in [0.15, 0.2) is 18.3 Å². The first-order valence-electron chi connectivity index (χ1n) is 8.83. The molecule has 0 atom stereocenters. The van der Waals surface area contributed by atoms with Gasteiger partial charge in [-0.05, 0) is 24.1 Å². The van der Waals surface area contributed by atoms with Gasteiger partial charge in [0.1, 0.15) is 6.67 Å². The summed E-state index contributed by atoms with van der Waals surface area (Å²) in [5.74, 6) is 1.31. The van der Waals surface area contributed by atoms with Gasteiger partial charge in [-0.3, -0.25) is 4.90 Å². The van der Waals surface area contributed by atoms with Crippen molar-refractivity contribution in [3.05, 3.63) is 23.6 Å². The van der Waals surface area contributed by atoms with E-state index in [1.807, 2.05) is 12.1 Å². The highest BCUT2D eigenvalue weighted by Crippen LogP contribution is 2.31. The van der Waals surface area contributed by atoms with Crippen molar-refractivity contribution in [3.8, 4) is 11.5 Å². The normalized spacial score (nSPS) is 16.1. The van der Waals surface area contributed by atoms with Crippen molar-refractivity contribution < 1.29 is 13.9 Å². The number of hydrogen-bond acceptors (Lipinski definition) is 6. The molecule has 0 N–H and O–H groups in total. The fourth-order valence-electron chi connectivity index (χ4n) is 3.11. The number of fused-ring (bicyclic) bond motifs is 1. The number of nitrogens with zero attached hydrogens (tertiary/aromatic N) is 4. The highest BCUT2D eigenvalue weighted by Gasteiger charge is 2.16. The highest BCUT2D eigenvalue weighted by molar-refractivity contribution is 6.28. The van der Waals surface area contributed by atoms with Crippen LogP contribution >= 0.6 is 11.6 Å². The van der Waals surface area contributed by atoms with E-state index in [-0.39, 0.29) is 12.0 Å². The first-order chi connectivity index (χ1) is 12.7. The van der Waals surface area contributed by atoms with Gasteiger partial charge in [-0.25, -0.2) is 14.4 Å². The lowest BCUT2D eigenvalue weighted by Crippen LogP contribution is -2.47. The van der Waals surface area contributed by atoms with Crippen LogP contribution in [0.5, 0.6) is 11.5 Å². The summed E-state index contributed by atoms with van der Waals surface area (Å²) in [4.78, 5) is 12.8. The quantitative estimate of drug-likeness (QED) is 0.517. The minimum absolute atomic E-state index is 0.209. The molecule has 0 aliphatic carbocycles. The van der Waals surface area contributed by atoms with Crippen LogP contribution in [0.25, 0.3) is 10.9 Å². The average molecular weight is 383 g/mol. The van der Waals surface area contributed by atoms with Crippen molar-refractivity contribution in [2.45, 2.75) is 6.42 Å². The van der Waals surface area contributed by atoms with Crippen LogP contribution in [-0.4, -0.2) is 79.4 Å². The molecule has 1 saturated heterocycles. The fraction of sp³-hybridized carbons (Fsp3) is 0.556. The number of alkyl halides is 1. The predicted octanol–water partition coefficient (Wildman–Crippen LogP) is 2.65. The Morgan fingerprint density at radius 1 is 1.12 bits per heavy atom. The summed E-state index contributed by atoms with van der Waals surface area (Å²) < 4.78 is 23.7. The topological polar surface area (TPSA) is 50.7 Å². The molecule has 1 aliphatic heterocycles. The van der Waals surface area contributed by atoms with E-state index < -0.39 is 0 Å². The van der Waals surface area contributed by atoms with Gasteiger partial charge in [0.2, 0.25) is 5.28 Å². The van der Waals surface area contributed by atoms with Gasteiger partial charge in [-0.1, -0.05) is 0 Å². The van der Waals surface area contributed by atoms with E-state index in [0.717, 1.165) is 50.0 Å². The zero-order valence-electron chi connectivity index (χ0n) is 15.0. The molecule has 6 nitrogen and oxygen atoms in total. The third-order valence-corrected chi connectivity index (χ3v) is 4.76. The molecule has 1 aliphatic rings. The van der Waals surface area contributed by atoms with E-state index in [4.69, 9.17) is 21.1 Å².